The summed E-state index contributed by atoms with van der Waals surface area (Å²) in [4.78, 5) is 12.3. The van der Waals surface area contributed by atoms with Gasteiger partial charge in [-0.15, -0.1) is 0 Å². The molecule has 0 saturated heterocycles. The van der Waals surface area contributed by atoms with Gasteiger partial charge in [-0.25, -0.2) is 13.1 Å². The second-order valence-electron chi connectivity index (χ2n) is 6.16. The monoisotopic (exact) mass is 387 g/mol. The Bertz CT molecular complexity index is 1000. The van der Waals surface area contributed by atoms with Crippen molar-refractivity contribution in [2.75, 3.05) is 23.8 Å². The van der Waals surface area contributed by atoms with Crippen LogP contribution in [0.15, 0.2) is 53.6 Å². The summed E-state index contributed by atoms with van der Waals surface area (Å²) >= 11 is 0. The van der Waals surface area contributed by atoms with Gasteiger partial charge in [0.25, 0.3) is 5.91 Å². The molecular formula is C19H21N3O4S. The Morgan fingerprint density at radius 3 is 2.74 bits per heavy atom. The molecule has 0 atom stereocenters. The van der Waals surface area contributed by atoms with Gasteiger partial charge in [-0.3, -0.25) is 4.79 Å². The van der Waals surface area contributed by atoms with Crippen molar-refractivity contribution < 1.29 is 18.3 Å². The molecule has 1 aliphatic heterocycles. The Morgan fingerprint density at radius 1 is 1.19 bits per heavy atom. The summed E-state index contributed by atoms with van der Waals surface area (Å²) < 4.78 is 27.0. The van der Waals surface area contributed by atoms with Crippen LogP contribution in [-0.4, -0.2) is 32.6 Å². The largest absolute Gasteiger partial charge is 0.396 e. The maximum Gasteiger partial charge on any atom is 0.257 e. The fourth-order valence-electron chi connectivity index (χ4n) is 2.85. The molecule has 0 unspecified atom stereocenters. The van der Waals surface area contributed by atoms with Crippen molar-refractivity contribution in [3.63, 3.8) is 0 Å². The van der Waals surface area contributed by atoms with Crippen LogP contribution in [0.25, 0.3) is 5.57 Å². The van der Waals surface area contributed by atoms with E-state index in [1.807, 2.05) is 25.1 Å². The highest BCUT2D eigenvalue weighted by atomic mass is 32.2. The first-order chi connectivity index (χ1) is 12.9. The van der Waals surface area contributed by atoms with Gasteiger partial charge in [0.05, 0.1) is 10.5 Å². The molecule has 7 nitrogen and oxygen atoms in total. The predicted molar refractivity (Wildman–Crippen MR) is 105 cm³/mol. The van der Waals surface area contributed by atoms with Crippen LogP contribution in [0.5, 0.6) is 0 Å². The van der Waals surface area contributed by atoms with Crippen LogP contribution in [0.1, 0.15) is 17.5 Å². The molecule has 0 bridgehead atoms. The number of benzene rings is 2. The average molecular weight is 387 g/mol. The molecule has 2 aromatic carbocycles. The molecule has 3 rings (SSSR count). The van der Waals surface area contributed by atoms with E-state index in [0.29, 0.717) is 17.7 Å². The molecule has 8 heteroatoms. The Balaban J connectivity index is 1.82. The number of aliphatic hydroxyl groups excluding tert-OH is 1. The molecule has 0 saturated carbocycles. The van der Waals surface area contributed by atoms with Gasteiger partial charge in [0.15, 0.2) is 0 Å². The van der Waals surface area contributed by atoms with Gasteiger partial charge in [-0.2, -0.15) is 0 Å². The smallest absolute Gasteiger partial charge is 0.257 e. The molecule has 142 valence electrons. The van der Waals surface area contributed by atoms with E-state index in [1.165, 1.54) is 12.1 Å². The van der Waals surface area contributed by atoms with Crippen molar-refractivity contribution >= 4 is 32.9 Å². The molecule has 2 aromatic rings. The average Bonchev–Trinajstić information content (AvgIpc) is 2.97. The first-order valence-electron chi connectivity index (χ1n) is 8.51. The van der Waals surface area contributed by atoms with Crippen molar-refractivity contribution in [1.82, 2.24) is 4.72 Å². The summed E-state index contributed by atoms with van der Waals surface area (Å²) in [5, 5.41) is 14.6. The van der Waals surface area contributed by atoms with Crippen LogP contribution in [0.4, 0.5) is 11.4 Å². The molecule has 27 heavy (non-hydrogen) atoms. The molecule has 1 aliphatic rings. The molecule has 1 amide bonds. The number of hydrogen-bond acceptors (Lipinski definition) is 5. The van der Waals surface area contributed by atoms with Gasteiger partial charge < -0.3 is 15.7 Å². The minimum Gasteiger partial charge on any atom is -0.396 e. The zero-order valence-electron chi connectivity index (χ0n) is 14.8. The van der Waals surface area contributed by atoms with Crippen molar-refractivity contribution in [3.05, 3.63) is 59.8 Å². The zero-order valence-corrected chi connectivity index (χ0v) is 15.6. The van der Waals surface area contributed by atoms with Gasteiger partial charge in [0, 0.05) is 36.3 Å². The lowest BCUT2D eigenvalue weighted by atomic mass is 10.0. The summed E-state index contributed by atoms with van der Waals surface area (Å²) in [6.45, 7) is 2.01. The molecule has 0 spiro atoms. The summed E-state index contributed by atoms with van der Waals surface area (Å²) in [6, 6.07) is 12.0. The molecule has 0 aromatic heterocycles. The zero-order chi connectivity index (χ0) is 19.4. The highest BCUT2D eigenvalue weighted by Gasteiger charge is 2.25. The first kappa shape index (κ1) is 19.1. The van der Waals surface area contributed by atoms with Crippen LogP contribution in [0.2, 0.25) is 0 Å². The number of carbonyl (C=O) groups excluding carboxylic acids is 1. The number of sulfonamides is 1. The number of hydrogen-bond donors (Lipinski definition) is 4. The Kier molecular flexibility index (Phi) is 5.59. The Hall–Kier alpha value is -2.68. The van der Waals surface area contributed by atoms with Crippen molar-refractivity contribution in [1.29, 1.82) is 0 Å². The topological polar surface area (TPSA) is 108 Å². The summed E-state index contributed by atoms with van der Waals surface area (Å²) in [6.07, 6.45) is 1.93. The third kappa shape index (κ3) is 4.19. The standard InChI is InChI=1S/C19H21N3O4S/c1-13-5-2-8-17-18(13)16(19(24)22-17)12-20-14-6-3-7-15(11-14)27(25,26)21-9-4-10-23/h2-3,5-8,11-12,20-21,23H,4,9-10H2,1H3,(H,22,24). The second-order valence-corrected chi connectivity index (χ2v) is 7.92. The quantitative estimate of drug-likeness (QED) is 0.430. The van der Waals surface area contributed by atoms with E-state index in [2.05, 4.69) is 15.4 Å². The van der Waals surface area contributed by atoms with E-state index in [1.54, 1.807) is 18.3 Å². The van der Waals surface area contributed by atoms with Crippen molar-refractivity contribution in [3.8, 4) is 0 Å². The fourth-order valence-corrected chi connectivity index (χ4v) is 3.97. The number of amides is 1. The van der Waals surface area contributed by atoms with Crippen LogP contribution < -0.4 is 15.4 Å². The lowest BCUT2D eigenvalue weighted by Gasteiger charge is -2.09. The summed E-state index contributed by atoms with van der Waals surface area (Å²) in [5.74, 6) is -0.207. The normalized spacial score (nSPS) is 14.9. The predicted octanol–water partition coefficient (Wildman–Crippen LogP) is 2.06. The lowest BCUT2D eigenvalue weighted by Crippen LogP contribution is -2.25. The molecule has 4 N–H and O–H groups in total. The van der Waals surface area contributed by atoms with Gasteiger partial charge in [0.2, 0.25) is 10.0 Å². The summed E-state index contributed by atoms with van der Waals surface area (Å²) in [7, 11) is -3.66. The SMILES string of the molecule is Cc1cccc2c1C(=CNc1cccc(S(=O)(=O)NCCCO)c1)C(=O)N2. The van der Waals surface area contributed by atoms with Crippen LogP contribution >= 0.6 is 0 Å². The maximum atomic E-state index is 12.3. The highest BCUT2D eigenvalue weighted by Crippen LogP contribution is 2.34. The molecule has 0 aliphatic carbocycles. The van der Waals surface area contributed by atoms with Gasteiger partial charge >= 0.3 is 0 Å². The number of carbonyl (C=O) groups is 1. The van der Waals surface area contributed by atoms with E-state index in [4.69, 9.17) is 5.11 Å². The second kappa shape index (κ2) is 7.91. The Morgan fingerprint density at radius 2 is 1.96 bits per heavy atom. The molecule has 0 fully saturated rings. The van der Waals surface area contributed by atoms with E-state index in [-0.39, 0.29) is 24.0 Å². The van der Waals surface area contributed by atoms with Crippen LogP contribution in [0, 0.1) is 6.92 Å². The maximum absolute atomic E-state index is 12.3. The van der Waals surface area contributed by atoms with Gasteiger partial charge in [-0.05, 0) is 43.2 Å². The van der Waals surface area contributed by atoms with Crippen molar-refractivity contribution in [2.45, 2.75) is 18.2 Å². The molecule has 1 heterocycles. The number of nitrogens with one attached hydrogen (secondary N) is 3. The number of aryl methyl sites for hydroxylation is 1. The van der Waals surface area contributed by atoms with Crippen LogP contribution in [-0.2, 0) is 14.8 Å². The molecule has 0 radical (unpaired) electrons. The Labute approximate surface area is 158 Å². The van der Waals surface area contributed by atoms with Crippen LogP contribution in [0.3, 0.4) is 0 Å². The number of fused-ring (bicyclic) bond motifs is 1. The number of rotatable bonds is 7. The highest BCUT2D eigenvalue weighted by molar-refractivity contribution is 7.89. The van der Waals surface area contributed by atoms with E-state index in [0.717, 1.165) is 16.8 Å². The van der Waals surface area contributed by atoms with E-state index >= 15 is 0 Å². The minimum atomic E-state index is -3.66. The number of aliphatic hydroxyl groups is 1. The fraction of sp³-hybridized carbons (Fsp3) is 0.211. The first-order valence-corrected chi connectivity index (χ1v) is 9.99. The van der Waals surface area contributed by atoms with Gasteiger partial charge in [-0.1, -0.05) is 18.2 Å². The van der Waals surface area contributed by atoms with Gasteiger partial charge in [0.1, 0.15) is 0 Å². The van der Waals surface area contributed by atoms with E-state index in [9.17, 15) is 13.2 Å². The van der Waals surface area contributed by atoms with Crippen molar-refractivity contribution in [2.24, 2.45) is 0 Å². The minimum absolute atomic E-state index is 0.0827. The third-order valence-corrected chi connectivity index (χ3v) is 5.65. The molecular weight excluding hydrogens is 366 g/mol. The van der Waals surface area contributed by atoms with E-state index < -0.39 is 10.0 Å². The lowest BCUT2D eigenvalue weighted by molar-refractivity contribution is -0.110. The summed E-state index contributed by atoms with van der Waals surface area (Å²) in [5.41, 5.74) is 3.62. The third-order valence-electron chi connectivity index (χ3n) is 4.19. The number of anilines is 2.